The standard InChI is InChI=1S/C27H29FN4O2/c1-31-14-21(16-9-11-32(12-10-16)18-7-5-17(6-8-18)27(33)34)26-22(15-31)19-3-2-4-20-23(28)13-24(25(19)20)29-30-26/h2-4,9,13,15,17-18,23H,5-8,10-12,14H2,1H3,(H,33,34). The summed E-state index contributed by atoms with van der Waals surface area (Å²) in [6.45, 7) is 2.62. The molecule has 2 aliphatic carbocycles. The number of carbonyl (C=O) groups is 1. The molecule has 3 heterocycles. The Morgan fingerprint density at radius 3 is 2.74 bits per heavy atom. The van der Waals surface area contributed by atoms with E-state index in [0.29, 0.717) is 17.3 Å². The first kappa shape index (κ1) is 21.5. The summed E-state index contributed by atoms with van der Waals surface area (Å²) < 4.78 is 14.6. The van der Waals surface area contributed by atoms with Crippen LogP contribution in [0.4, 0.5) is 4.39 Å². The Morgan fingerprint density at radius 1 is 1.18 bits per heavy atom. The summed E-state index contributed by atoms with van der Waals surface area (Å²) in [7, 11) is 2.07. The lowest BCUT2D eigenvalue weighted by molar-refractivity contribution is -0.143. The molecular formula is C27H29FN4O2. The average Bonchev–Trinajstić information content (AvgIpc) is 3.09. The second-order valence-electron chi connectivity index (χ2n) is 10.0. The van der Waals surface area contributed by atoms with Gasteiger partial charge in [-0.3, -0.25) is 9.69 Å². The van der Waals surface area contributed by atoms with Gasteiger partial charge in [-0.05, 0) is 49.3 Å². The van der Waals surface area contributed by atoms with Crippen LogP contribution in [0.15, 0.2) is 63.6 Å². The Balaban J connectivity index is 1.29. The third-order valence-corrected chi connectivity index (χ3v) is 7.99. The average molecular weight is 461 g/mol. The van der Waals surface area contributed by atoms with Gasteiger partial charge in [-0.15, -0.1) is 5.11 Å². The number of benzene rings is 1. The number of hydrogen-bond acceptors (Lipinski definition) is 5. The lowest BCUT2D eigenvalue weighted by Gasteiger charge is -2.38. The highest BCUT2D eigenvalue weighted by molar-refractivity contribution is 5.92. The zero-order chi connectivity index (χ0) is 23.4. The van der Waals surface area contributed by atoms with Crippen molar-refractivity contribution >= 4 is 17.2 Å². The molecule has 0 spiro atoms. The lowest BCUT2D eigenvalue weighted by Crippen LogP contribution is -2.41. The maximum absolute atomic E-state index is 14.6. The predicted molar refractivity (Wildman–Crippen MR) is 128 cm³/mol. The first-order valence-electron chi connectivity index (χ1n) is 12.2. The molecule has 1 saturated carbocycles. The molecule has 0 radical (unpaired) electrons. The van der Waals surface area contributed by atoms with Crippen LogP contribution in [0.1, 0.15) is 55.0 Å². The largest absolute Gasteiger partial charge is 0.481 e. The number of alkyl halides is 1. The molecule has 1 N–H and O–H groups in total. The van der Waals surface area contributed by atoms with Crippen LogP contribution in [-0.4, -0.2) is 53.6 Å². The minimum atomic E-state index is -1.13. The van der Waals surface area contributed by atoms with E-state index in [9.17, 15) is 14.3 Å². The maximum atomic E-state index is 14.6. The van der Waals surface area contributed by atoms with Crippen molar-refractivity contribution < 1.29 is 14.3 Å². The van der Waals surface area contributed by atoms with E-state index in [1.165, 1.54) is 11.1 Å². The van der Waals surface area contributed by atoms with Crippen molar-refractivity contribution in [1.82, 2.24) is 9.80 Å². The third kappa shape index (κ3) is 3.54. The van der Waals surface area contributed by atoms with Gasteiger partial charge in [0.15, 0.2) is 0 Å². The molecule has 176 valence electrons. The third-order valence-electron chi connectivity index (χ3n) is 7.99. The normalized spacial score (nSPS) is 28.6. The Hall–Kier alpha value is -3.06. The van der Waals surface area contributed by atoms with Crippen LogP contribution in [0.2, 0.25) is 0 Å². The number of azo groups is 1. The highest BCUT2D eigenvalue weighted by Gasteiger charge is 2.34. The van der Waals surface area contributed by atoms with Crippen LogP contribution < -0.4 is 0 Å². The predicted octanol–water partition coefficient (Wildman–Crippen LogP) is 5.33. The lowest BCUT2D eigenvalue weighted by atomic mass is 9.84. The Morgan fingerprint density at radius 2 is 2.00 bits per heavy atom. The van der Waals surface area contributed by atoms with Gasteiger partial charge in [0, 0.05) is 61.2 Å². The molecule has 0 saturated heterocycles. The van der Waals surface area contributed by atoms with Gasteiger partial charge in [-0.2, -0.15) is 5.11 Å². The van der Waals surface area contributed by atoms with Crippen molar-refractivity contribution in [2.24, 2.45) is 16.1 Å². The van der Waals surface area contributed by atoms with E-state index >= 15 is 0 Å². The molecule has 0 bridgehead atoms. The minimum absolute atomic E-state index is 0.176. The Labute approximate surface area is 198 Å². The van der Waals surface area contributed by atoms with E-state index in [2.05, 4.69) is 39.4 Å². The summed E-state index contributed by atoms with van der Waals surface area (Å²) in [4.78, 5) is 16.0. The van der Waals surface area contributed by atoms with Crippen molar-refractivity contribution in [2.45, 2.75) is 44.3 Å². The summed E-state index contributed by atoms with van der Waals surface area (Å²) in [5, 5.41) is 18.4. The highest BCUT2D eigenvalue weighted by atomic mass is 19.1. The van der Waals surface area contributed by atoms with E-state index in [-0.39, 0.29) is 5.92 Å². The highest BCUT2D eigenvalue weighted by Crippen LogP contribution is 2.47. The van der Waals surface area contributed by atoms with Crippen LogP contribution in [0.25, 0.3) is 11.3 Å². The zero-order valence-corrected chi connectivity index (χ0v) is 19.4. The number of carboxylic acid groups (broad SMARTS) is 1. The van der Waals surface area contributed by atoms with Crippen molar-refractivity contribution in [1.29, 1.82) is 0 Å². The molecule has 0 aromatic heterocycles. The molecule has 7 heteroatoms. The summed E-state index contributed by atoms with van der Waals surface area (Å²) in [5.41, 5.74) is 7.60. The van der Waals surface area contributed by atoms with Gasteiger partial charge in [0.25, 0.3) is 0 Å². The van der Waals surface area contributed by atoms with Gasteiger partial charge in [0.1, 0.15) is 11.9 Å². The molecule has 1 atom stereocenters. The second kappa shape index (κ2) is 8.31. The summed E-state index contributed by atoms with van der Waals surface area (Å²) >= 11 is 0. The van der Waals surface area contributed by atoms with E-state index < -0.39 is 12.1 Å². The molecule has 6 nitrogen and oxygen atoms in total. The SMILES string of the molecule is CN1C=C2C(=C(C3=CCN(C4CCC(C(=O)O)CC4)CC3)C1)N=NC1=CC(F)c3cccc2c31. The number of rotatable bonds is 3. The quantitative estimate of drug-likeness (QED) is 0.662. The first-order valence-corrected chi connectivity index (χ1v) is 12.2. The van der Waals surface area contributed by atoms with Crippen molar-refractivity contribution in [3.63, 3.8) is 0 Å². The number of hydrogen-bond donors (Lipinski definition) is 1. The van der Waals surface area contributed by atoms with E-state index in [1.54, 1.807) is 6.08 Å². The summed E-state index contributed by atoms with van der Waals surface area (Å²) in [5.74, 6) is -0.825. The Bertz CT molecular complexity index is 1200. The van der Waals surface area contributed by atoms with Crippen LogP contribution in [0, 0.1) is 5.92 Å². The molecule has 1 aromatic rings. The van der Waals surface area contributed by atoms with Crippen molar-refractivity contribution in [3.05, 3.63) is 70.1 Å². The maximum Gasteiger partial charge on any atom is 0.306 e. The number of fused-ring (bicyclic) bond motifs is 2. The van der Waals surface area contributed by atoms with E-state index in [1.807, 2.05) is 18.2 Å². The molecule has 3 aliphatic heterocycles. The Kier molecular flexibility index (Phi) is 5.25. The second-order valence-corrected chi connectivity index (χ2v) is 10.0. The van der Waals surface area contributed by atoms with Gasteiger partial charge in [0.05, 0.1) is 11.6 Å². The number of halogens is 1. The van der Waals surface area contributed by atoms with Crippen LogP contribution in [0.3, 0.4) is 0 Å². The number of nitrogens with zero attached hydrogens (tertiary/aromatic N) is 4. The summed E-state index contributed by atoms with van der Waals surface area (Å²) in [6.07, 6.45) is 9.28. The molecular weight excluding hydrogens is 431 g/mol. The van der Waals surface area contributed by atoms with Gasteiger partial charge < -0.3 is 10.0 Å². The fourth-order valence-electron chi connectivity index (χ4n) is 6.17. The van der Waals surface area contributed by atoms with Crippen molar-refractivity contribution in [2.75, 3.05) is 26.7 Å². The fraction of sp³-hybridized carbons (Fsp3) is 0.444. The molecule has 34 heavy (non-hydrogen) atoms. The van der Waals surface area contributed by atoms with Gasteiger partial charge in [0.2, 0.25) is 0 Å². The fourth-order valence-corrected chi connectivity index (χ4v) is 6.17. The number of allylic oxidation sites excluding steroid dienone is 2. The minimum Gasteiger partial charge on any atom is -0.481 e. The molecule has 5 aliphatic rings. The number of likely N-dealkylation sites (N-methyl/N-ethyl adjacent to an activating group) is 1. The van der Waals surface area contributed by atoms with E-state index in [0.717, 1.165) is 74.1 Å². The van der Waals surface area contributed by atoms with Crippen LogP contribution in [-0.2, 0) is 4.79 Å². The van der Waals surface area contributed by atoms with Gasteiger partial charge in [-0.25, -0.2) is 4.39 Å². The van der Waals surface area contributed by atoms with E-state index in [4.69, 9.17) is 0 Å². The van der Waals surface area contributed by atoms with Crippen LogP contribution >= 0.6 is 0 Å². The topological polar surface area (TPSA) is 68.5 Å². The first-order chi connectivity index (χ1) is 16.5. The monoisotopic (exact) mass is 460 g/mol. The smallest absolute Gasteiger partial charge is 0.306 e. The number of aliphatic carboxylic acids is 1. The van der Waals surface area contributed by atoms with Crippen LogP contribution in [0.5, 0.6) is 0 Å². The number of carboxylic acids is 1. The van der Waals surface area contributed by atoms with Gasteiger partial charge >= 0.3 is 5.97 Å². The molecule has 1 fully saturated rings. The van der Waals surface area contributed by atoms with Gasteiger partial charge in [-0.1, -0.05) is 24.3 Å². The molecule has 1 unspecified atom stereocenters. The molecule has 6 rings (SSSR count). The summed E-state index contributed by atoms with van der Waals surface area (Å²) in [6, 6.07) is 6.28. The molecule has 0 amide bonds. The molecule has 1 aromatic carbocycles. The zero-order valence-electron chi connectivity index (χ0n) is 19.4. The van der Waals surface area contributed by atoms with Crippen molar-refractivity contribution in [3.8, 4) is 0 Å².